The van der Waals surface area contributed by atoms with Crippen LogP contribution in [-0.4, -0.2) is 27.3 Å². The van der Waals surface area contributed by atoms with Crippen molar-refractivity contribution >= 4 is 39.2 Å². The van der Waals surface area contributed by atoms with Gasteiger partial charge in [-0.1, -0.05) is 18.2 Å². The lowest BCUT2D eigenvalue weighted by molar-refractivity contribution is -0.120. The molecule has 1 aliphatic heterocycles. The third-order valence-electron chi connectivity index (χ3n) is 3.38. The van der Waals surface area contributed by atoms with Gasteiger partial charge in [-0.05, 0) is 24.3 Å². The van der Waals surface area contributed by atoms with Crippen molar-refractivity contribution in [3.63, 3.8) is 0 Å². The molecule has 2 aromatic heterocycles. The fraction of sp³-hybridized carbons (Fsp3) is 0.462. The van der Waals surface area contributed by atoms with Crippen LogP contribution in [0.2, 0.25) is 0 Å². The summed E-state index contributed by atoms with van der Waals surface area (Å²) in [5.41, 5.74) is 0.677. The average molecular weight is 309 g/mol. The maximum atomic E-state index is 12.2. The molecule has 0 aliphatic carbocycles. The lowest BCUT2D eigenvalue weighted by atomic mass is 10.2. The molecule has 20 heavy (non-hydrogen) atoms. The summed E-state index contributed by atoms with van der Waals surface area (Å²) in [4.78, 5) is 28.7. The highest BCUT2D eigenvalue weighted by Gasteiger charge is 2.24. The Morgan fingerprint density at radius 2 is 2.30 bits per heavy atom. The van der Waals surface area contributed by atoms with E-state index >= 15 is 0 Å². The Balaban J connectivity index is 1.95. The second-order valence-corrected chi connectivity index (χ2v) is 6.87. The molecule has 1 aliphatic rings. The van der Waals surface area contributed by atoms with Crippen LogP contribution in [0, 0.1) is 0 Å². The molecule has 1 amide bonds. The Kier molecular flexibility index (Phi) is 3.80. The van der Waals surface area contributed by atoms with Gasteiger partial charge in [0.05, 0.1) is 10.8 Å². The molecule has 7 heteroatoms. The zero-order valence-corrected chi connectivity index (χ0v) is 12.7. The monoisotopic (exact) mass is 309 g/mol. The summed E-state index contributed by atoms with van der Waals surface area (Å²) in [7, 11) is 1.71. The summed E-state index contributed by atoms with van der Waals surface area (Å²) in [6.45, 7) is 0.742. The van der Waals surface area contributed by atoms with Crippen LogP contribution < -0.4 is 10.9 Å². The Morgan fingerprint density at radius 1 is 1.45 bits per heavy atom. The van der Waals surface area contributed by atoms with Gasteiger partial charge >= 0.3 is 0 Å². The van der Waals surface area contributed by atoms with E-state index in [1.54, 1.807) is 11.6 Å². The lowest BCUT2D eigenvalue weighted by Gasteiger charge is -2.14. The number of amides is 1. The quantitative estimate of drug-likeness (QED) is 0.859. The molecule has 5 nitrogen and oxygen atoms in total. The molecule has 1 N–H and O–H groups in total. The number of carbonyl (C=O) groups is 1. The van der Waals surface area contributed by atoms with Gasteiger partial charge in [-0.3, -0.25) is 14.2 Å². The van der Waals surface area contributed by atoms with Crippen molar-refractivity contribution in [3.05, 3.63) is 21.8 Å². The second-order valence-electron chi connectivity index (χ2n) is 4.79. The van der Waals surface area contributed by atoms with Crippen molar-refractivity contribution in [2.24, 2.45) is 7.05 Å². The number of aromatic nitrogens is 2. The normalized spacial score (nSPS) is 19.9. The first-order chi connectivity index (χ1) is 9.66. The largest absolute Gasteiger partial charge is 0.355 e. The molecule has 2 aromatic rings. The number of nitrogens with zero attached hydrogens (tertiary/aromatic N) is 2. The molecule has 0 unspecified atom stereocenters. The van der Waals surface area contributed by atoms with Gasteiger partial charge in [0.25, 0.3) is 5.56 Å². The first-order valence-corrected chi connectivity index (χ1v) is 8.31. The van der Waals surface area contributed by atoms with Crippen molar-refractivity contribution in [2.45, 2.75) is 29.7 Å². The van der Waals surface area contributed by atoms with Gasteiger partial charge in [0, 0.05) is 13.6 Å². The van der Waals surface area contributed by atoms with Gasteiger partial charge in [-0.15, -0.1) is 11.3 Å². The standard InChI is InChI=1S/C13H15N3O2S2/c1-16-12(18)10-8(5-7-19-10)15-13(16)20-9-4-2-3-6-14-11(9)17/h5,7,9H,2-4,6H2,1H3,(H,14,17)/t9-/m1/s1. The van der Waals surface area contributed by atoms with Crippen LogP contribution in [0.4, 0.5) is 0 Å². The highest BCUT2D eigenvalue weighted by molar-refractivity contribution is 8.00. The van der Waals surface area contributed by atoms with Crippen LogP contribution in [0.5, 0.6) is 0 Å². The van der Waals surface area contributed by atoms with Gasteiger partial charge in [0.1, 0.15) is 4.70 Å². The van der Waals surface area contributed by atoms with E-state index in [-0.39, 0.29) is 16.7 Å². The summed E-state index contributed by atoms with van der Waals surface area (Å²) in [5.74, 6) is 0.0483. The van der Waals surface area contributed by atoms with E-state index in [9.17, 15) is 9.59 Å². The Morgan fingerprint density at radius 3 is 3.15 bits per heavy atom. The van der Waals surface area contributed by atoms with Crippen LogP contribution in [0.15, 0.2) is 21.4 Å². The van der Waals surface area contributed by atoms with E-state index in [2.05, 4.69) is 10.3 Å². The van der Waals surface area contributed by atoms with Crippen LogP contribution in [0.1, 0.15) is 19.3 Å². The SMILES string of the molecule is Cn1c(S[C@@H]2CCCCNC2=O)nc2ccsc2c1=O. The summed E-state index contributed by atoms with van der Waals surface area (Å²) in [6, 6.07) is 1.85. The van der Waals surface area contributed by atoms with Crippen LogP contribution in [0.25, 0.3) is 10.2 Å². The van der Waals surface area contributed by atoms with E-state index in [1.165, 1.54) is 23.1 Å². The zero-order valence-electron chi connectivity index (χ0n) is 11.1. The van der Waals surface area contributed by atoms with Crippen molar-refractivity contribution in [3.8, 4) is 0 Å². The number of thiophene rings is 1. The molecule has 0 radical (unpaired) electrons. The van der Waals surface area contributed by atoms with Gasteiger partial charge in [0.2, 0.25) is 5.91 Å². The molecule has 0 aromatic carbocycles. The van der Waals surface area contributed by atoms with E-state index in [4.69, 9.17) is 0 Å². The summed E-state index contributed by atoms with van der Waals surface area (Å²) in [5, 5.41) is 5.23. The highest BCUT2D eigenvalue weighted by atomic mass is 32.2. The van der Waals surface area contributed by atoms with E-state index in [0.717, 1.165) is 31.3 Å². The van der Waals surface area contributed by atoms with Crippen LogP contribution in [-0.2, 0) is 11.8 Å². The number of thioether (sulfide) groups is 1. The van der Waals surface area contributed by atoms with E-state index in [1.807, 2.05) is 11.4 Å². The molecule has 0 bridgehead atoms. The number of fused-ring (bicyclic) bond motifs is 1. The number of hydrogen-bond acceptors (Lipinski definition) is 5. The first kappa shape index (κ1) is 13.6. The van der Waals surface area contributed by atoms with Gasteiger partial charge in [-0.25, -0.2) is 4.98 Å². The Bertz CT molecular complexity index is 707. The molecule has 1 atom stereocenters. The molecule has 3 heterocycles. The molecule has 1 saturated heterocycles. The predicted octanol–water partition coefficient (Wildman–Crippen LogP) is 1.76. The minimum absolute atomic E-state index is 0.0402. The van der Waals surface area contributed by atoms with Gasteiger partial charge in [0.15, 0.2) is 5.16 Å². The zero-order chi connectivity index (χ0) is 14.1. The number of hydrogen-bond donors (Lipinski definition) is 1. The lowest BCUT2D eigenvalue weighted by Crippen LogP contribution is -2.31. The van der Waals surface area contributed by atoms with E-state index < -0.39 is 0 Å². The fourth-order valence-electron chi connectivity index (χ4n) is 2.22. The second kappa shape index (κ2) is 5.57. The smallest absolute Gasteiger partial charge is 0.271 e. The van der Waals surface area contributed by atoms with Crippen molar-refractivity contribution in [1.29, 1.82) is 0 Å². The van der Waals surface area contributed by atoms with Crippen molar-refractivity contribution in [1.82, 2.24) is 14.9 Å². The van der Waals surface area contributed by atoms with Crippen LogP contribution >= 0.6 is 23.1 Å². The van der Waals surface area contributed by atoms with Gasteiger partial charge < -0.3 is 5.32 Å². The average Bonchev–Trinajstić information content (AvgIpc) is 2.81. The topological polar surface area (TPSA) is 64.0 Å². The summed E-state index contributed by atoms with van der Waals surface area (Å²) >= 11 is 2.79. The Hall–Kier alpha value is -1.34. The number of carbonyl (C=O) groups excluding carboxylic acids is 1. The maximum Gasteiger partial charge on any atom is 0.271 e. The summed E-state index contributed by atoms with van der Waals surface area (Å²) in [6.07, 6.45) is 2.86. The predicted molar refractivity (Wildman–Crippen MR) is 81.4 cm³/mol. The molecular formula is C13H15N3O2S2. The third kappa shape index (κ3) is 2.47. The van der Waals surface area contributed by atoms with E-state index in [0.29, 0.717) is 9.86 Å². The fourth-order valence-corrected chi connectivity index (χ4v) is 4.15. The first-order valence-electron chi connectivity index (χ1n) is 6.55. The third-order valence-corrected chi connectivity index (χ3v) is 5.58. The molecular weight excluding hydrogens is 294 g/mol. The van der Waals surface area contributed by atoms with Gasteiger partial charge in [-0.2, -0.15) is 0 Å². The van der Waals surface area contributed by atoms with Crippen LogP contribution in [0.3, 0.4) is 0 Å². The minimum atomic E-state index is -0.160. The molecule has 106 valence electrons. The Labute approximate surface area is 124 Å². The number of rotatable bonds is 2. The molecule has 0 saturated carbocycles. The summed E-state index contributed by atoms with van der Waals surface area (Å²) < 4.78 is 2.21. The number of nitrogens with one attached hydrogen (secondary N) is 1. The molecule has 0 spiro atoms. The molecule has 3 rings (SSSR count). The molecule has 1 fully saturated rings. The van der Waals surface area contributed by atoms with Crippen molar-refractivity contribution < 1.29 is 4.79 Å². The maximum absolute atomic E-state index is 12.2. The minimum Gasteiger partial charge on any atom is -0.355 e. The highest BCUT2D eigenvalue weighted by Crippen LogP contribution is 2.27. The van der Waals surface area contributed by atoms with Crippen molar-refractivity contribution in [2.75, 3.05) is 6.54 Å².